The van der Waals surface area contributed by atoms with Gasteiger partial charge in [-0.1, -0.05) is 27.5 Å². The number of hydrogen-bond acceptors (Lipinski definition) is 2. The molecule has 4 heteroatoms. The molecule has 1 saturated carbocycles. The topological polar surface area (TPSA) is 29.1 Å². The predicted octanol–water partition coefficient (Wildman–Crippen LogP) is 4.03. The zero-order chi connectivity index (χ0) is 11.5. The third kappa shape index (κ3) is 2.98. The molecular formula is C12H13BrClNO. The van der Waals surface area contributed by atoms with Crippen LogP contribution < -0.4 is 5.32 Å². The summed E-state index contributed by atoms with van der Waals surface area (Å²) in [5, 5.41) is 4.11. The van der Waals surface area contributed by atoms with Crippen LogP contribution in [0.1, 0.15) is 25.7 Å². The third-order valence-corrected chi connectivity index (χ3v) is 3.64. The van der Waals surface area contributed by atoms with Crippen molar-refractivity contribution in [1.82, 2.24) is 0 Å². The predicted molar refractivity (Wildman–Crippen MR) is 70.0 cm³/mol. The van der Waals surface area contributed by atoms with Crippen LogP contribution in [0.3, 0.4) is 0 Å². The normalized spacial score (nSPS) is 17.5. The molecule has 16 heavy (non-hydrogen) atoms. The summed E-state index contributed by atoms with van der Waals surface area (Å²) in [4.78, 5) is 11.1. The summed E-state index contributed by atoms with van der Waals surface area (Å²) in [5.41, 5.74) is 0.948. The van der Waals surface area contributed by atoms with Gasteiger partial charge in [0, 0.05) is 23.4 Å². The number of hydrogen-bond donors (Lipinski definition) is 1. The number of ketones is 1. The lowest BCUT2D eigenvalue weighted by molar-refractivity contribution is -0.120. The average molecular weight is 303 g/mol. The van der Waals surface area contributed by atoms with Gasteiger partial charge in [-0.2, -0.15) is 0 Å². The van der Waals surface area contributed by atoms with Gasteiger partial charge in [0.2, 0.25) is 0 Å². The summed E-state index contributed by atoms with van der Waals surface area (Å²) >= 11 is 9.49. The second-order valence-electron chi connectivity index (χ2n) is 4.08. The van der Waals surface area contributed by atoms with Crippen LogP contribution in [-0.4, -0.2) is 11.8 Å². The Morgan fingerprint density at radius 2 is 2.00 bits per heavy atom. The fraction of sp³-hybridized carbons (Fsp3) is 0.417. The van der Waals surface area contributed by atoms with Crippen molar-refractivity contribution in [2.45, 2.75) is 31.7 Å². The van der Waals surface area contributed by atoms with Gasteiger partial charge >= 0.3 is 0 Å². The lowest BCUT2D eigenvalue weighted by atomic mass is 9.94. The van der Waals surface area contributed by atoms with Crippen molar-refractivity contribution >= 4 is 39.0 Å². The third-order valence-electron chi connectivity index (χ3n) is 2.83. The molecule has 1 fully saturated rings. The van der Waals surface area contributed by atoms with Gasteiger partial charge in [-0.25, -0.2) is 0 Å². The number of benzene rings is 1. The van der Waals surface area contributed by atoms with Crippen molar-refractivity contribution in [3.05, 3.63) is 27.7 Å². The maximum absolute atomic E-state index is 11.1. The monoisotopic (exact) mass is 301 g/mol. The maximum atomic E-state index is 11.1. The summed E-state index contributed by atoms with van der Waals surface area (Å²) in [5.74, 6) is 0.375. The second-order valence-corrected chi connectivity index (χ2v) is 5.40. The smallest absolute Gasteiger partial charge is 0.133 e. The zero-order valence-electron chi connectivity index (χ0n) is 8.80. The van der Waals surface area contributed by atoms with Crippen molar-refractivity contribution in [3.8, 4) is 0 Å². The standard InChI is InChI=1S/C12H13BrClNO/c13-8-1-6-12(11(14)7-8)15-9-2-4-10(16)5-3-9/h1,6-7,9,15H,2-5H2. The van der Waals surface area contributed by atoms with Crippen LogP contribution in [0.25, 0.3) is 0 Å². The van der Waals surface area contributed by atoms with Gasteiger partial charge in [0.1, 0.15) is 5.78 Å². The quantitative estimate of drug-likeness (QED) is 0.894. The molecule has 1 N–H and O–H groups in total. The van der Waals surface area contributed by atoms with Gasteiger partial charge in [0.15, 0.2) is 0 Å². The number of carbonyl (C=O) groups is 1. The molecule has 0 bridgehead atoms. The van der Waals surface area contributed by atoms with Crippen molar-refractivity contribution in [2.75, 3.05) is 5.32 Å². The molecule has 0 heterocycles. The summed E-state index contributed by atoms with van der Waals surface area (Å²) in [6.07, 6.45) is 3.19. The maximum Gasteiger partial charge on any atom is 0.133 e. The molecule has 0 saturated heterocycles. The Kier molecular flexibility index (Phi) is 3.87. The second kappa shape index (κ2) is 5.19. The van der Waals surface area contributed by atoms with Gasteiger partial charge in [-0.05, 0) is 31.0 Å². The van der Waals surface area contributed by atoms with Crippen LogP contribution in [0.15, 0.2) is 22.7 Å². The molecule has 1 aliphatic rings. The van der Waals surface area contributed by atoms with Crippen LogP contribution in [0.2, 0.25) is 5.02 Å². The van der Waals surface area contributed by atoms with Gasteiger partial charge in [0.25, 0.3) is 0 Å². The molecule has 0 radical (unpaired) electrons. The number of anilines is 1. The first kappa shape index (κ1) is 11.9. The van der Waals surface area contributed by atoms with E-state index in [1.807, 2.05) is 18.2 Å². The van der Waals surface area contributed by atoms with Gasteiger partial charge in [0.05, 0.1) is 10.7 Å². The molecule has 1 aromatic carbocycles. The molecule has 1 aromatic rings. The zero-order valence-corrected chi connectivity index (χ0v) is 11.1. The lowest BCUT2D eigenvalue weighted by Gasteiger charge is -2.23. The Hall–Kier alpha value is -0.540. The molecule has 86 valence electrons. The Morgan fingerprint density at radius 3 is 2.62 bits per heavy atom. The Bertz CT molecular complexity index is 398. The first-order valence-electron chi connectivity index (χ1n) is 5.38. The van der Waals surface area contributed by atoms with E-state index in [9.17, 15) is 4.79 Å². The Balaban J connectivity index is 2.01. The highest BCUT2D eigenvalue weighted by atomic mass is 79.9. The fourth-order valence-electron chi connectivity index (χ4n) is 1.91. The van der Waals surface area contributed by atoms with Crippen molar-refractivity contribution in [2.24, 2.45) is 0 Å². The van der Waals surface area contributed by atoms with Crippen LogP contribution >= 0.6 is 27.5 Å². The average Bonchev–Trinajstić information content (AvgIpc) is 2.25. The molecular weight excluding hydrogens is 289 g/mol. The van der Waals surface area contributed by atoms with Crippen LogP contribution in [0.5, 0.6) is 0 Å². The van der Waals surface area contributed by atoms with E-state index >= 15 is 0 Å². The summed E-state index contributed by atoms with van der Waals surface area (Å²) in [6, 6.07) is 6.17. The minimum atomic E-state index is 0.372. The van der Waals surface area contributed by atoms with E-state index in [0.717, 1.165) is 23.0 Å². The number of Topliss-reactive ketones (excluding diaryl/α,β-unsaturated/α-hetero) is 1. The number of nitrogens with one attached hydrogen (secondary N) is 1. The SMILES string of the molecule is O=C1CCC(Nc2ccc(Br)cc2Cl)CC1. The van der Waals surface area contributed by atoms with Crippen LogP contribution in [0, 0.1) is 0 Å². The summed E-state index contributed by atoms with van der Waals surface area (Å²) in [6.45, 7) is 0. The van der Waals surface area contributed by atoms with Crippen molar-refractivity contribution in [1.29, 1.82) is 0 Å². The summed E-state index contributed by atoms with van der Waals surface area (Å²) < 4.78 is 0.974. The van der Waals surface area contributed by atoms with Crippen molar-refractivity contribution in [3.63, 3.8) is 0 Å². The van der Waals surface area contributed by atoms with E-state index in [2.05, 4.69) is 21.2 Å². The molecule has 0 aliphatic heterocycles. The minimum Gasteiger partial charge on any atom is -0.381 e. The molecule has 0 aromatic heterocycles. The number of carbonyl (C=O) groups excluding carboxylic acids is 1. The molecule has 0 unspecified atom stereocenters. The van der Waals surface area contributed by atoms with Gasteiger partial charge < -0.3 is 5.32 Å². The van der Waals surface area contributed by atoms with E-state index in [4.69, 9.17) is 11.6 Å². The van der Waals surface area contributed by atoms with Crippen LogP contribution in [0.4, 0.5) is 5.69 Å². The minimum absolute atomic E-state index is 0.372. The highest BCUT2D eigenvalue weighted by molar-refractivity contribution is 9.10. The lowest BCUT2D eigenvalue weighted by Crippen LogP contribution is -2.26. The molecule has 2 nitrogen and oxygen atoms in total. The largest absolute Gasteiger partial charge is 0.381 e. The van der Waals surface area contributed by atoms with E-state index in [1.165, 1.54) is 0 Å². The van der Waals surface area contributed by atoms with Crippen molar-refractivity contribution < 1.29 is 4.79 Å². The Labute approximate surface area is 108 Å². The highest BCUT2D eigenvalue weighted by Crippen LogP contribution is 2.28. The van der Waals surface area contributed by atoms with E-state index in [0.29, 0.717) is 29.7 Å². The number of rotatable bonds is 2. The number of halogens is 2. The summed E-state index contributed by atoms with van der Waals surface area (Å²) in [7, 11) is 0. The molecule has 0 spiro atoms. The van der Waals surface area contributed by atoms with Gasteiger partial charge in [-0.3, -0.25) is 4.79 Å². The van der Waals surface area contributed by atoms with Gasteiger partial charge in [-0.15, -0.1) is 0 Å². The molecule has 0 atom stereocenters. The van der Waals surface area contributed by atoms with E-state index in [-0.39, 0.29) is 0 Å². The first-order valence-corrected chi connectivity index (χ1v) is 6.55. The van der Waals surface area contributed by atoms with Crippen LogP contribution in [-0.2, 0) is 4.79 Å². The van der Waals surface area contributed by atoms with E-state index in [1.54, 1.807) is 0 Å². The fourth-order valence-corrected chi connectivity index (χ4v) is 2.64. The first-order chi connectivity index (χ1) is 7.65. The molecule has 2 rings (SSSR count). The Morgan fingerprint density at radius 1 is 1.31 bits per heavy atom. The highest BCUT2D eigenvalue weighted by Gasteiger charge is 2.18. The molecule has 0 amide bonds. The molecule has 1 aliphatic carbocycles. The van der Waals surface area contributed by atoms with E-state index < -0.39 is 0 Å².